The van der Waals surface area contributed by atoms with E-state index in [0.29, 0.717) is 17.1 Å². The lowest BCUT2D eigenvalue weighted by Gasteiger charge is -1.99. The normalized spacial score (nSPS) is 10.7. The largest absolute Gasteiger partial charge is 0.291 e. The predicted octanol–water partition coefficient (Wildman–Crippen LogP) is 3.76. The number of nitrogens with zero attached hydrogens (tertiary/aromatic N) is 3. The van der Waals surface area contributed by atoms with Crippen molar-refractivity contribution in [2.75, 3.05) is 0 Å². The number of hydrogen-bond donors (Lipinski definition) is 0. The van der Waals surface area contributed by atoms with Crippen LogP contribution in [0.3, 0.4) is 0 Å². The quantitative estimate of drug-likeness (QED) is 0.718. The molecule has 98 valence electrons. The Kier molecular flexibility index (Phi) is 3.17. The molecule has 3 rings (SSSR count). The van der Waals surface area contributed by atoms with Crippen molar-refractivity contribution in [1.82, 2.24) is 9.38 Å². The van der Waals surface area contributed by atoms with Crippen LogP contribution in [-0.2, 0) is 6.42 Å². The van der Waals surface area contributed by atoms with Crippen LogP contribution in [0.2, 0.25) is 5.02 Å². The van der Waals surface area contributed by atoms with Gasteiger partial charge >= 0.3 is 0 Å². The van der Waals surface area contributed by atoms with Gasteiger partial charge in [-0.2, -0.15) is 5.26 Å². The summed E-state index contributed by atoms with van der Waals surface area (Å²) in [5, 5.41) is 10.1. The molecule has 4 heteroatoms. The summed E-state index contributed by atoms with van der Waals surface area (Å²) in [5.41, 5.74) is 4.41. The molecule has 0 radical (unpaired) electrons. The Morgan fingerprint density at radius 1 is 1.25 bits per heavy atom. The highest BCUT2D eigenvalue weighted by Crippen LogP contribution is 2.18. The molecule has 0 saturated heterocycles. The summed E-state index contributed by atoms with van der Waals surface area (Å²) in [5.74, 6) is 0. The monoisotopic (exact) mass is 281 g/mol. The number of imidazole rings is 1. The molecule has 0 saturated carbocycles. The van der Waals surface area contributed by atoms with Crippen LogP contribution in [0.4, 0.5) is 0 Å². The average Bonchev–Trinajstić information content (AvgIpc) is 2.77. The summed E-state index contributed by atoms with van der Waals surface area (Å²) < 4.78 is 1.83. The van der Waals surface area contributed by atoms with Gasteiger partial charge in [0, 0.05) is 17.6 Å². The standard InChI is InChI=1S/C16H12ClN3/c1-11-6-7-20-15(10-18)14(19-16(20)8-11)9-12-2-4-13(17)5-3-12/h2-8H,9H2,1H3. The fourth-order valence-electron chi connectivity index (χ4n) is 2.23. The fraction of sp³-hybridized carbons (Fsp3) is 0.125. The van der Waals surface area contributed by atoms with Crippen LogP contribution < -0.4 is 0 Å². The maximum atomic E-state index is 9.36. The van der Waals surface area contributed by atoms with E-state index in [2.05, 4.69) is 11.1 Å². The van der Waals surface area contributed by atoms with Crippen LogP contribution in [-0.4, -0.2) is 9.38 Å². The maximum absolute atomic E-state index is 9.36. The van der Waals surface area contributed by atoms with Crippen LogP contribution in [0.1, 0.15) is 22.5 Å². The number of halogens is 1. The molecule has 0 fully saturated rings. The highest BCUT2D eigenvalue weighted by atomic mass is 35.5. The van der Waals surface area contributed by atoms with E-state index in [-0.39, 0.29) is 0 Å². The number of benzene rings is 1. The van der Waals surface area contributed by atoms with Gasteiger partial charge in [-0.05, 0) is 42.3 Å². The molecule has 3 nitrogen and oxygen atoms in total. The van der Waals surface area contributed by atoms with Crippen LogP contribution in [0.5, 0.6) is 0 Å². The van der Waals surface area contributed by atoms with Gasteiger partial charge in [-0.25, -0.2) is 4.98 Å². The zero-order valence-electron chi connectivity index (χ0n) is 11.0. The van der Waals surface area contributed by atoms with Crippen LogP contribution >= 0.6 is 11.6 Å². The number of fused-ring (bicyclic) bond motifs is 1. The predicted molar refractivity (Wildman–Crippen MR) is 78.9 cm³/mol. The first-order valence-electron chi connectivity index (χ1n) is 6.29. The SMILES string of the molecule is Cc1ccn2c(C#N)c(Cc3ccc(Cl)cc3)nc2c1. The van der Waals surface area contributed by atoms with E-state index in [4.69, 9.17) is 11.6 Å². The minimum atomic E-state index is 0.593. The first-order valence-corrected chi connectivity index (χ1v) is 6.67. The van der Waals surface area contributed by atoms with E-state index in [9.17, 15) is 5.26 Å². The molecular formula is C16H12ClN3. The van der Waals surface area contributed by atoms with Gasteiger partial charge in [-0.3, -0.25) is 4.40 Å². The minimum Gasteiger partial charge on any atom is -0.291 e. The molecule has 0 atom stereocenters. The highest BCUT2D eigenvalue weighted by Gasteiger charge is 2.12. The smallest absolute Gasteiger partial charge is 0.148 e. The average molecular weight is 282 g/mol. The number of aryl methyl sites for hydroxylation is 1. The minimum absolute atomic E-state index is 0.593. The topological polar surface area (TPSA) is 41.1 Å². The third kappa shape index (κ3) is 2.26. The van der Waals surface area contributed by atoms with Gasteiger partial charge in [0.15, 0.2) is 0 Å². The third-order valence-corrected chi connectivity index (χ3v) is 3.50. The Balaban J connectivity index is 2.07. The number of nitriles is 1. The first kappa shape index (κ1) is 12.7. The Morgan fingerprint density at radius 2 is 2.00 bits per heavy atom. The zero-order chi connectivity index (χ0) is 14.1. The van der Waals surface area contributed by atoms with Crippen molar-refractivity contribution in [2.24, 2.45) is 0 Å². The summed E-state index contributed by atoms with van der Waals surface area (Å²) in [7, 11) is 0. The third-order valence-electron chi connectivity index (χ3n) is 3.24. The number of aromatic nitrogens is 2. The van der Waals surface area contributed by atoms with Gasteiger partial charge in [-0.15, -0.1) is 0 Å². The Labute approximate surface area is 122 Å². The molecule has 20 heavy (non-hydrogen) atoms. The van der Waals surface area contributed by atoms with Crippen molar-refractivity contribution < 1.29 is 0 Å². The summed E-state index contributed by atoms with van der Waals surface area (Å²) in [6.45, 7) is 2.01. The van der Waals surface area contributed by atoms with Crippen molar-refractivity contribution in [3.63, 3.8) is 0 Å². The molecular weight excluding hydrogens is 270 g/mol. The van der Waals surface area contributed by atoms with Crippen LogP contribution in [0.15, 0.2) is 42.6 Å². The molecule has 0 spiro atoms. The molecule has 0 aliphatic carbocycles. The lowest BCUT2D eigenvalue weighted by molar-refractivity contribution is 1.09. The molecule has 3 aromatic rings. The molecule has 2 aromatic heterocycles. The molecule has 0 aliphatic rings. The second-order valence-corrected chi connectivity index (χ2v) is 5.19. The lowest BCUT2D eigenvalue weighted by Crippen LogP contribution is -1.93. The highest BCUT2D eigenvalue weighted by molar-refractivity contribution is 6.30. The summed E-state index contributed by atoms with van der Waals surface area (Å²) in [4.78, 5) is 4.57. The maximum Gasteiger partial charge on any atom is 0.148 e. The Morgan fingerprint density at radius 3 is 2.70 bits per heavy atom. The second-order valence-electron chi connectivity index (χ2n) is 4.75. The van der Waals surface area contributed by atoms with Gasteiger partial charge in [-0.1, -0.05) is 23.7 Å². The van der Waals surface area contributed by atoms with Crippen molar-refractivity contribution in [1.29, 1.82) is 5.26 Å². The van der Waals surface area contributed by atoms with Crippen molar-refractivity contribution in [2.45, 2.75) is 13.3 Å². The van der Waals surface area contributed by atoms with E-state index in [0.717, 1.165) is 22.5 Å². The van der Waals surface area contributed by atoms with Crippen molar-refractivity contribution >= 4 is 17.2 Å². The summed E-state index contributed by atoms with van der Waals surface area (Å²) in [6.07, 6.45) is 2.52. The Bertz CT molecular complexity index is 810. The van der Waals surface area contributed by atoms with Crippen molar-refractivity contribution in [3.8, 4) is 6.07 Å². The van der Waals surface area contributed by atoms with E-state index < -0.39 is 0 Å². The van der Waals surface area contributed by atoms with Gasteiger partial charge in [0.25, 0.3) is 0 Å². The summed E-state index contributed by atoms with van der Waals surface area (Å²) >= 11 is 5.88. The zero-order valence-corrected chi connectivity index (χ0v) is 11.7. The lowest BCUT2D eigenvalue weighted by atomic mass is 10.1. The number of rotatable bonds is 2. The van der Waals surface area contributed by atoms with Gasteiger partial charge in [0.05, 0.1) is 5.69 Å². The van der Waals surface area contributed by atoms with E-state index in [1.165, 1.54) is 0 Å². The van der Waals surface area contributed by atoms with Gasteiger partial charge < -0.3 is 0 Å². The van der Waals surface area contributed by atoms with Gasteiger partial charge in [0.1, 0.15) is 17.4 Å². The first-order chi connectivity index (χ1) is 9.67. The van der Waals surface area contributed by atoms with Crippen LogP contribution in [0, 0.1) is 18.3 Å². The van der Waals surface area contributed by atoms with Gasteiger partial charge in [0.2, 0.25) is 0 Å². The molecule has 0 N–H and O–H groups in total. The number of pyridine rings is 1. The van der Waals surface area contributed by atoms with E-state index in [1.807, 2.05) is 53.9 Å². The summed E-state index contributed by atoms with van der Waals surface area (Å²) in [6, 6.07) is 13.8. The van der Waals surface area contributed by atoms with E-state index in [1.54, 1.807) is 0 Å². The molecule has 0 unspecified atom stereocenters. The molecule has 1 aromatic carbocycles. The second kappa shape index (κ2) is 4.99. The van der Waals surface area contributed by atoms with E-state index >= 15 is 0 Å². The Hall–Kier alpha value is -2.31. The molecule has 0 amide bonds. The fourth-order valence-corrected chi connectivity index (χ4v) is 2.36. The molecule has 2 heterocycles. The number of hydrogen-bond acceptors (Lipinski definition) is 2. The van der Waals surface area contributed by atoms with Crippen LogP contribution in [0.25, 0.3) is 5.65 Å². The molecule has 0 bridgehead atoms. The molecule has 0 aliphatic heterocycles. The van der Waals surface area contributed by atoms with Crippen molar-refractivity contribution in [3.05, 3.63) is 70.1 Å².